The minimum Gasteiger partial charge on any atom is -0.464 e. The van der Waals surface area contributed by atoms with E-state index < -0.39 is 18.1 Å². The Balaban J connectivity index is 1.22. The molecule has 1 aliphatic heterocycles. The predicted molar refractivity (Wildman–Crippen MR) is 166 cm³/mol. The lowest BCUT2D eigenvalue weighted by atomic mass is 9.93. The molecule has 0 aliphatic carbocycles. The zero-order chi connectivity index (χ0) is 30.9. The lowest BCUT2D eigenvalue weighted by Crippen LogP contribution is -2.34. The van der Waals surface area contributed by atoms with Gasteiger partial charge < -0.3 is 35.4 Å². The number of benzene rings is 3. The minimum atomic E-state index is -0.803. The van der Waals surface area contributed by atoms with Crippen molar-refractivity contribution >= 4 is 34.2 Å². The Labute approximate surface area is 254 Å². The normalized spacial score (nSPS) is 16.2. The molecule has 2 heterocycles. The fourth-order valence-corrected chi connectivity index (χ4v) is 4.94. The number of aliphatic hydroxyl groups excluding tert-OH is 1. The summed E-state index contributed by atoms with van der Waals surface area (Å²) in [7, 11) is 0. The van der Waals surface area contributed by atoms with Crippen molar-refractivity contribution in [1.82, 2.24) is 5.32 Å². The second-order valence-corrected chi connectivity index (χ2v) is 10.6. The Morgan fingerprint density at radius 1 is 0.977 bits per heavy atom. The number of unbranched alkanes of at least 4 members (excludes halogenated alkanes) is 1. The zero-order valence-electron chi connectivity index (χ0n) is 24.2. The number of rotatable bonds is 12. The second kappa shape index (κ2) is 14.5. The highest BCUT2D eigenvalue weighted by Gasteiger charge is 2.30. The first-order valence-electron chi connectivity index (χ1n) is 14.5. The molecule has 3 aromatic carbocycles. The number of para-hydroxylation sites is 3. The van der Waals surface area contributed by atoms with Crippen LogP contribution in [0.15, 0.2) is 100 Å². The van der Waals surface area contributed by atoms with Crippen molar-refractivity contribution in [3.63, 3.8) is 0 Å². The van der Waals surface area contributed by atoms with Crippen molar-refractivity contribution in [3.8, 4) is 0 Å². The number of hydrogen-bond donors (Lipinski definition) is 4. The van der Waals surface area contributed by atoms with Crippen LogP contribution in [0.25, 0.3) is 11.0 Å². The number of hydrogen-bond acceptors (Lipinski definition) is 8. The lowest BCUT2D eigenvalue weighted by Gasteiger charge is -2.29. The fraction of sp³-hybridized carbons (Fsp3) is 0.265. The summed E-state index contributed by atoms with van der Waals surface area (Å²) < 4.78 is 17.7. The van der Waals surface area contributed by atoms with Crippen LogP contribution in [0, 0.1) is 0 Å². The minimum absolute atomic E-state index is 0.0479. The van der Waals surface area contributed by atoms with Crippen LogP contribution in [0.4, 0.5) is 11.4 Å². The summed E-state index contributed by atoms with van der Waals surface area (Å²) >= 11 is 0. The van der Waals surface area contributed by atoms with Crippen LogP contribution in [0.1, 0.15) is 48.3 Å². The summed E-state index contributed by atoms with van der Waals surface area (Å²) in [6.45, 7) is 0.481. The summed E-state index contributed by atoms with van der Waals surface area (Å²) in [5.74, 6) is -1.04. The van der Waals surface area contributed by atoms with E-state index in [1.807, 2.05) is 24.3 Å². The van der Waals surface area contributed by atoms with Crippen LogP contribution >= 0.6 is 0 Å². The number of aliphatic hydroxyl groups is 1. The van der Waals surface area contributed by atoms with Gasteiger partial charge in [0.05, 0.1) is 36.2 Å². The average Bonchev–Trinajstić information content (AvgIpc) is 3.05. The van der Waals surface area contributed by atoms with Gasteiger partial charge in [-0.15, -0.1) is 0 Å². The summed E-state index contributed by atoms with van der Waals surface area (Å²) in [4.78, 5) is 38.8. The number of carbonyl (C=O) groups excluding carboxylic acids is 2. The maximum Gasteiger partial charge on any atom is 0.286 e. The van der Waals surface area contributed by atoms with Gasteiger partial charge in [-0.25, -0.2) is 0 Å². The number of anilines is 2. The van der Waals surface area contributed by atoms with Crippen molar-refractivity contribution < 1.29 is 28.6 Å². The number of nitrogen functional groups attached to an aromatic ring is 1. The molecule has 1 aliphatic rings. The summed E-state index contributed by atoms with van der Waals surface area (Å²) in [5.41, 5.74) is 9.31. The molecule has 228 valence electrons. The second-order valence-electron chi connectivity index (χ2n) is 10.6. The van der Waals surface area contributed by atoms with Crippen LogP contribution in [-0.4, -0.2) is 29.8 Å². The van der Waals surface area contributed by atoms with E-state index in [1.165, 1.54) is 6.26 Å². The summed E-state index contributed by atoms with van der Waals surface area (Å²) in [6, 6.07) is 21.4. The average molecular weight is 598 g/mol. The van der Waals surface area contributed by atoms with E-state index in [0.717, 1.165) is 11.1 Å². The Kier molecular flexibility index (Phi) is 10.1. The molecule has 0 unspecified atom stereocenters. The zero-order valence-corrected chi connectivity index (χ0v) is 24.2. The summed E-state index contributed by atoms with van der Waals surface area (Å²) in [5, 5.41) is 15.4. The maximum absolute atomic E-state index is 13.4. The highest BCUT2D eigenvalue weighted by Crippen LogP contribution is 2.31. The van der Waals surface area contributed by atoms with Gasteiger partial charge in [-0.3, -0.25) is 14.4 Å². The number of fused-ring (bicyclic) bond motifs is 1. The van der Waals surface area contributed by atoms with Crippen molar-refractivity contribution in [3.05, 3.63) is 118 Å². The van der Waals surface area contributed by atoms with Crippen LogP contribution in [0.5, 0.6) is 0 Å². The molecule has 0 fully saturated rings. The third kappa shape index (κ3) is 7.71. The molecule has 0 radical (unpaired) electrons. The number of allylic oxidation sites excluding steroid dienone is 1. The molecule has 5 rings (SSSR count). The van der Waals surface area contributed by atoms with E-state index in [9.17, 15) is 19.5 Å². The van der Waals surface area contributed by atoms with Crippen molar-refractivity contribution in [2.45, 2.75) is 51.1 Å². The molecule has 2 atom stereocenters. The SMILES string of the molecule is Nc1ccccc1NC(=O)CCCCNC(=O)C1=C[C@@H](c2coc3ccccc3c2=O)C[C@@H](OCc2ccc(CO)cc2)O1. The Bertz CT molecular complexity index is 1700. The third-order valence-corrected chi connectivity index (χ3v) is 7.38. The van der Waals surface area contributed by atoms with Crippen molar-refractivity contribution in [2.24, 2.45) is 0 Å². The molecule has 0 bridgehead atoms. The van der Waals surface area contributed by atoms with Gasteiger partial charge in [-0.05, 0) is 54.3 Å². The van der Waals surface area contributed by atoms with Gasteiger partial charge in [0.2, 0.25) is 12.2 Å². The number of ether oxygens (including phenoxy) is 2. The third-order valence-electron chi connectivity index (χ3n) is 7.38. The van der Waals surface area contributed by atoms with E-state index in [0.29, 0.717) is 53.7 Å². The van der Waals surface area contributed by atoms with Gasteiger partial charge in [0.15, 0.2) is 11.2 Å². The van der Waals surface area contributed by atoms with E-state index in [-0.39, 0.29) is 36.7 Å². The van der Waals surface area contributed by atoms with Gasteiger partial charge in [-0.2, -0.15) is 0 Å². The smallest absolute Gasteiger partial charge is 0.286 e. The van der Waals surface area contributed by atoms with Crippen LogP contribution in [0.2, 0.25) is 0 Å². The molecule has 1 aromatic heterocycles. The molecule has 10 heteroatoms. The number of nitrogens with one attached hydrogen (secondary N) is 2. The van der Waals surface area contributed by atoms with Gasteiger partial charge in [0.1, 0.15) is 5.58 Å². The molecule has 10 nitrogen and oxygen atoms in total. The molecule has 0 saturated carbocycles. The topological polar surface area (TPSA) is 153 Å². The van der Waals surface area contributed by atoms with Crippen LogP contribution in [-0.2, 0) is 32.3 Å². The molecule has 0 spiro atoms. The van der Waals surface area contributed by atoms with Gasteiger partial charge in [-0.1, -0.05) is 48.5 Å². The predicted octanol–water partition coefficient (Wildman–Crippen LogP) is 4.72. The molecular formula is C34H35N3O7. The lowest BCUT2D eigenvalue weighted by molar-refractivity contribution is -0.150. The maximum atomic E-state index is 13.4. The van der Waals surface area contributed by atoms with Crippen LogP contribution < -0.4 is 21.8 Å². The highest BCUT2D eigenvalue weighted by atomic mass is 16.7. The number of carbonyl (C=O) groups is 2. The molecule has 0 saturated heterocycles. The Morgan fingerprint density at radius 3 is 2.52 bits per heavy atom. The van der Waals surface area contributed by atoms with Gasteiger partial charge in [0.25, 0.3) is 5.91 Å². The quantitative estimate of drug-likeness (QED) is 0.135. The molecule has 2 amide bonds. The van der Waals surface area contributed by atoms with Crippen LogP contribution in [0.3, 0.4) is 0 Å². The first-order chi connectivity index (χ1) is 21.4. The fourth-order valence-electron chi connectivity index (χ4n) is 4.94. The first kappa shape index (κ1) is 30.5. The number of nitrogens with two attached hydrogens (primary N) is 1. The monoisotopic (exact) mass is 597 g/mol. The van der Waals surface area contributed by atoms with E-state index >= 15 is 0 Å². The standard InChI is InChI=1S/C34H35N3O7/c35-27-8-2-3-9-28(27)37-31(39)11-5-6-16-36-34(41)30-17-24(26-21-42-29-10-4-1-7-25(29)33(26)40)18-32(44-30)43-20-23-14-12-22(19-38)13-15-23/h1-4,7-10,12-15,17,21,24,32,38H,5-6,11,16,18-20,35H2,(H,36,41)(H,37,39)/t24-,32+/m1/s1. The molecule has 44 heavy (non-hydrogen) atoms. The van der Waals surface area contributed by atoms with E-state index in [1.54, 1.807) is 54.6 Å². The highest BCUT2D eigenvalue weighted by molar-refractivity contribution is 5.94. The number of amides is 2. The van der Waals surface area contributed by atoms with Gasteiger partial charge in [0, 0.05) is 30.9 Å². The largest absolute Gasteiger partial charge is 0.464 e. The van der Waals surface area contributed by atoms with E-state index in [2.05, 4.69) is 10.6 Å². The first-order valence-corrected chi connectivity index (χ1v) is 14.5. The van der Waals surface area contributed by atoms with Gasteiger partial charge >= 0.3 is 0 Å². The van der Waals surface area contributed by atoms with E-state index in [4.69, 9.17) is 19.6 Å². The molecule has 5 N–H and O–H groups in total. The van der Waals surface area contributed by atoms with Crippen molar-refractivity contribution in [2.75, 3.05) is 17.6 Å². The van der Waals surface area contributed by atoms with Crippen molar-refractivity contribution in [1.29, 1.82) is 0 Å². The Hall–Kier alpha value is -4.93. The summed E-state index contributed by atoms with van der Waals surface area (Å²) in [6.07, 6.45) is 3.96. The molecular weight excluding hydrogens is 562 g/mol. The Morgan fingerprint density at radius 2 is 1.73 bits per heavy atom. The molecule has 4 aromatic rings.